The van der Waals surface area contributed by atoms with E-state index in [1.165, 1.54) is 0 Å². The van der Waals surface area contributed by atoms with Crippen LogP contribution in [0, 0.1) is 26.2 Å². The largest absolute Gasteiger partial charge is 0.489 e. The summed E-state index contributed by atoms with van der Waals surface area (Å²) < 4.78 is 18.4. The lowest BCUT2D eigenvalue weighted by Crippen LogP contribution is -2.39. The Morgan fingerprint density at radius 1 is 1.00 bits per heavy atom. The zero-order valence-corrected chi connectivity index (χ0v) is 27.0. The van der Waals surface area contributed by atoms with E-state index in [1.54, 1.807) is 0 Å². The summed E-state index contributed by atoms with van der Waals surface area (Å²) in [7, 11) is 0. The van der Waals surface area contributed by atoms with E-state index < -0.39 is 11.7 Å². The quantitative estimate of drug-likeness (QED) is 0.240. The highest BCUT2D eigenvalue weighted by atomic mass is 16.6. The SMILES string of the molecule is CCOC(=O)C(OC(C)(C)C)c1c(C)nc(C)c(-c2ccc(C)c(OCc3ccccc3)c2)c1N1CCC(C)(C)CC1. The second kappa shape index (κ2) is 12.9. The molecule has 0 saturated carbocycles. The van der Waals surface area contributed by atoms with Crippen molar-refractivity contribution < 1.29 is 19.0 Å². The summed E-state index contributed by atoms with van der Waals surface area (Å²) in [5.74, 6) is 0.443. The molecule has 6 heteroatoms. The fraction of sp³-hybridized carbons (Fsp3) is 0.500. The molecule has 4 rings (SSSR count). The molecule has 1 aliphatic rings. The molecule has 3 aromatic rings. The van der Waals surface area contributed by atoms with Gasteiger partial charge in [-0.2, -0.15) is 0 Å². The van der Waals surface area contributed by atoms with Gasteiger partial charge in [-0.3, -0.25) is 4.98 Å². The van der Waals surface area contributed by atoms with Gasteiger partial charge in [0.25, 0.3) is 0 Å². The van der Waals surface area contributed by atoms with Crippen LogP contribution in [0.15, 0.2) is 48.5 Å². The minimum Gasteiger partial charge on any atom is -0.489 e. The predicted molar refractivity (Wildman–Crippen MR) is 170 cm³/mol. The molecule has 0 amide bonds. The number of carbonyl (C=O) groups excluding carboxylic acids is 1. The normalized spacial score (nSPS) is 15.8. The third-order valence-electron chi connectivity index (χ3n) is 7.96. The fourth-order valence-corrected chi connectivity index (χ4v) is 5.61. The summed E-state index contributed by atoms with van der Waals surface area (Å²) in [6.07, 6.45) is 1.20. The van der Waals surface area contributed by atoms with Gasteiger partial charge in [0.15, 0.2) is 6.10 Å². The third kappa shape index (κ3) is 7.52. The van der Waals surface area contributed by atoms with Gasteiger partial charge in [0.05, 0.1) is 17.9 Å². The molecule has 1 aliphatic heterocycles. The molecule has 6 nitrogen and oxygen atoms in total. The van der Waals surface area contributed by atoms with E-state index in [-0.39, 0.29) is 18.0 Å². The standard InChI is InChI=1S/C36H48N2O4/c1-10-40-34(39)33(42-35(5,6)7)31-26(4)37-25(3)30(32(31)38-20-18-36(8,9)19-21-38)28-17-16-24(2)29(22-28)41-23-27-14-12-11-13-15-27/h11-17,22,33H,10,18-21,23H2,1-9H3. The number of hydrogen-bond acceptors (Lipinski definition) is 6. The summed E-state index contributed by atoms with van der Waals surface area (Å²) in [4.78, 5) is 21.0. The van der Waals surface area contributed by atoms with E-state index in [2.05, 4.69) is 62.9 Å². The second-order valence-electron chi connectivity index (χ2n) is 13.2. The number of rotatable bonds is 9. The topological polar surface area (TPSA) is 60.9 Å². The maximum Gasteiger partial charge on any atom is 0.340 e. The van der Waals surface area contributed by atoms with E-state index in [0.717, 1.165) is 76.6 Å². The van der Waals surface area contributed by atoms with Gasteiger partial charge in [-0.25, -0.2) is 4.79 Å². The summed E-state index contributed by atoms with van der Waals surface area (Å²) in [6.45, 7) is 21.0. The predicted octanol–water partition coefficient (Wildman–Crippen LogP) is 8.30. The number of piperidine rings is 1. The van der Waals surface area contributed by atoms with Crippen LogP contribution in [-0.4, -0.2) is 36.3 Å². The van der Waals surface area contributed by atoms with Crippen LogP contribution >= 0.6 is 0 Å². The average molecular weight is 573 g/mol. The second-order valence-corrected chi connectivity index (χ2v) is 13.2. The highest BCUT2D eigenvalue weighted by molar-refractivity contribution is 5.88. The van der Waals surface area contributed by atoms with Gasteiger partial charge in [-0.05, 0) is 89.5 Å². The third-order valence-corrected chi connectivity index (χ3v) is 7.96. The molecule has 2 aromatic carbocycles. The number of aryl methyl sites for hydroxylation is 3. The Morgan fingerprint density at radius 2 is 1.67 bits per heavy atom. The molecule has 0 spiro atoms. The zero-order chi connectivity index (χ0) is 30.7. The van der Waals surface area contributed by atoms with Crippen molar-refractivity contribution in [2.75, 3.05) is 24.6 Å². The lowest BCUT2D eigenvalue weighted by molar-refractivity contribution is -0.166. The lowest BCUT2D eigenvalue weighted by atomic mass is 9.81. The van der Waals surface area contributed by atoms with E-state index >= 15 is 0 Å². The number of aromatic nitrogens is 1. The average Bonchev–Trinajstić information content (AvgIpc) is 2.92. The fourth-order valence-electron chi connectivity index (χ4n) is 5.61. The molecule has 1 aromatic heterocycles. The van der Waals surface area contributed by atoms with Gasteiger partial charge in [0, 0.05) is 35.6 Å². The minimum absolute atomic E-state index is 0.263. The van der Waals surface area contributed by atoms with Gasteiger partial charge in [-0.15, -0.1) is 0 Å². The molecule has 1 atom stereocenters. The summed E-state index contributed by atoms with van der Waals surface area (Å²) in [5.41, 5.74) is 7.38. The zero-order valence-electron chi connectivity index (χ0n) is 27.0. The van der Waals surface area contributed by atoms with Crippen LogP contribution in [0.2, 0.25) is 0 Å². The van der Waals surface area contributed by atoms with Crippen LogP contribution in [0.5, 0.6) is 5.75 Å². The molecule has 226 valence electrons. The Hall–Kier alpha value is -3.38. The van der Waals surface area contributed by atoms with E-state index in [1.807, 2.05) is 52.8 Å². The van der Waals surface area contributed by atoms with Crippen molar-refractivity contribution >= 4 is 11.7 Å². The number of hydrogen-bond donors (Lipinski definition) is 0. The summed E-state index contributed by atoms with van der Waals surface area (Å²) in [5, 5.41) is 0. The van der Waals surface area contributed by atoms with Crippen LogP contribution in [0.4, 0.5) is 5.69 Å². The van der Waals surface area contributed by atoms with Gasteiger partial charge in [0.2, 0.25) is 0 Å². The van der Waals surface area contributed by atoms with Crippen molar-refractivity contribution in [3.63, 3.8) is 0 Å². The highest BCUT2D eigenvalue weighted by Gasteiger charge is 2.37. The van der Waals surface area contributed by atoms with E-state index in [4.69, 9.17) is 19.2 Å². The molecule has 0 bridgehead atoms. The lowest BCUT2D eigenvalue weighted by Gasteiger charge is -2.41. The minimum atomic E-state index is -0.902. The van der Waals surface area contributed by atoms with E-state index in [9.17, 15) is 4.79 Å². The van der Waals surface area contributed by atoms with Gasteiger partial charge >= 0.3 is 5.97 Å². The number of carbonyl (C=O) groups is 1. The molecule has 2 heterocycles. The number of benzene rings is 2. The van der Waals surface area contributed by atoms with Crippen LogP contribution in [0.3, 0.4) is 0 Å². The van der Waals surface area contributed by atoms with Crippen LogP contribution in [0.25, 0.3) is 11.1 Å². The maximum atomic E-state index is 13.5. The highest BCUT2D eigenvalue weighted by Crippen LogP contribution is 2.45. The Bertz CT molecular complexity index is 1380. The Kier molecular flexibility index (Phi) is 9.67. The Labute approximate surface area is 252 Å². The molecule has 1 unspecified atom stereocenters. The van der Waals surface area contributed by atoms with Crippen molar-refractivity contribution in [2.24, 2.45) is 5.41 Å². The monoisotopic (exact) mass is 572 g/mol. The summed E-state index contributed by atoms with van der Waals surface area (Å²) in [6, 6.07) is 16.5. The molecule has 0 aliphatic carbocycles. The van der Waals surface area contributed by atoms with Crippen LogP contribution < -0.4 is 9.64 Å². The number of ether oxygens (including phenoxy) is 3. The van der Waals surface area contributed by atoms with Crippen molar-refractivity contribution in [3.8, 4) is 16.9 Å². The van der Waals surface area contributed by atoms with Crippen molar-refractivity contribution in [1.29, 1.82) is 0 Å². The molecule has 1 saturated heterocycles. The molecule has 0 N–H and O–H groups in total. The van der Waals surface area contributed by atoms with Crippen LogP contribution in [0.1, 0.15) is 88.6 Å². The first-order chi connectivity index (χ1) is 19.8. The van der Waals surface area contributed by atoms with Crippen LogP contribution in [-0.2, 0) is 20.9 Å². The smallest absolute Gasteiger partial charge is 0.340 e. The first kappa shape index (κ1) is 31.6. The number of esters is 1. The van der Waals surface area contributed by atoms with Crippen molar-refractivity contribution in [1.82, 2.24) is 4.98 Å². The van der Waals surface area contributed by atoms with Gasteiger partial charge in [0.1, 0.15) is 12.4 Å². The molecular formula is C36H48N2O4. The van der Waals surface area contributed by atoms with Crippen molar-refractivity contribution in [3.05, 3.63) is 76.6 Å². The first-order valence-corrected chi connectivity index (χ1v) is 15.2. The van der Waals surface area contributed by atoms with E-state index in [0.29, 0.717) is 6.61 Å². The van der Waals surface area contributed by atoms with Gasteiger partial charge in [-0.1, -0.05) is 56.3 Å². The van der Waals surface area contributed by atoms with Crippen molar-refractivity contribution in [2.45, 2.75) is 93.5 Å². The number of pyridine rings is 1. The summed E-state index contributed by atoms with van der Waals surface area (Å²) >= 11 is 0. The Morgan fingerprint density at radius 3 is 2.29 bits per heavy atom. The molecule has 0 radical (unpaired) electrons. The van der Waals surface area contributed by atoms with Gasteiger partial charge < -0.3 is 19.1 Å². The molecule has 1 fully saturated rings. The number of anilines is 1. The first-order valence-electron chi connectivity index (χ1n) is 15.2. The Balaban J connectivity index is 1.90. The number of nitrogens with zero attached hydrogens (tertiary/aromatic N) is 2. The molecular weight excluding hydrogens is 524 g/mol. The maximum absolute atomic E-state index is 13.5. The molecule has 42 heavy (non-hydrogen) atoms.